The minimum absolute atomic E-state index is 0.152. The number of ether oxygens (including phenoxy) is 2. The molecule has 8 heteroatoms. The van der Waals surface area contributed by atoms with Gasteiger partial charge in [0.05, 0.1) is 17.7 Å². The van der Waals surface area contributed by atoms with Crippen molar-refractivity contribution in [1.29, 1.82) is 0 Å². The molecule has 0 heterocycles. The van der Waals surface area contributed by atoms with Crippen molar-refractivity contribution in [2.75, 3.05) is 19.0 Å². The Morgan fingerprint density at radius 3 is 2.58 bits per heavy atom. The number of nitro groups is 1. The van der Waals surface area contributed by atoms with E-state index in [0.717, 1.165) is 5.56 Å². The van der Waals surface area contributed by atoms with Gasteiger partial charge in [-0.2, -0.15) is 0 Å². The van der Waals surface area contributed by atoms with Crippen molar-refractivity contribution in [3.05, 3.63) is 57.1 Å². The summed E-state index contributed by atoms with van der Waals surface area (Å²) in [5.41, 5.74) is 0.844. The van der Waals surface area contributed by atoms with Crippen molar-refractivity contribution >= 4 is 28.9 Å². The molecule has 0 aliphatic carbocycles. The minimum atomic E-state index is -0.553. The van der Waals surface area contributed by atoms with E-state index in [1.165, 1.54) is 25.3 Å². The first-order valence-electron chi connectivity index (χ1n) is 6.92. The number of carbonyl (C=O) groups is 1. The molecule has 126 valence electrons. The number of nitro benzene ring substituents is 1. The molecule has 0 aromatic heterocycles. The number of hydrogen-bond donors (Lipinski definition) is 1. The Kier molecular flexibility index (Phi) is 5.59. The van der Waals surface area contributed by atoms with Crippen LogP contribution in [0.5, 0.6) is 11.5 Å². The molecule has 7 nitrogen and oxygen atoms in total. The highest BCUT2D eigenvalue weighted by Crippen LogP contribution is 2.29. The highest BCUT2D eigenvalue weighted by atomic mass is 35.5. The third-order valence-corrected chi connectivity index (χ3v) is 3.40. The van der Waals surface area contributed by atoms with Crippen LogP contribution in [0.4, 0.5) is 11.4 Å². The molecular formula is C16H15ClN2O5. The minimum Gasteiger partial charge on any atom is -0.495 e. The smallest absolute Gasteiger partial charge is 0.271 e. The summed E-state index contributed by atoms with van der Waals surface area (Å²) in [6.07, 6.45) is 0. The maximum atomic E-state index is 12.0. The fourth-order valence-corrected chi connectivity index (χ4v) is 2.24. The van der Waals surface area contributed by atoms with Gasteiger partial charge in [0.15, 0.2) is 6.61 Å². The predicted octanol–water partition coefficient (Wildman–Crippen LogP) is 3.58. The van der Waals surface area contributed by atoms with E-state index in [9.17, 15) is 14.9 Å². The van der Waals surface area contributed by atoms with Crippen LogP contribution in [0.15, 0.2) is 36.4 Å². The summed E-state index contributed by atoms with van der Waals surface area (Å²) in [5, 5.41) is 13.9. The second-order valence-electron chi connectivity index (χ2n) is 4.89. The molecule has 1 N–H and O–H groups in total. The van der Waals surface area contributed by atoms with Crippen molar-refractivity contribution in [3.63, 3.8) is 0 Å². The molecule has 0 radical (unpaired) electrons. The molecule has 0 saturated carbocycles. The highest BCUT2D eigenvalue weighted by molar-refractivity contribution is 6.30. The van der Waals surface area contributed by atoms with E-state index in [-0.39, 0.29) is 18.0 Å². The molecule has 24 heavy (non-hydrogen) atoms. The molecule has 2 aromatic rings. The lowest BCUT2D eigenvalue weighted by Crippen LogP contribution is -2.20. The summed E-state index contributed by atoms with van der Waals surface area (Å²) in [6, 6.07) is 8.98. The van der Waals surface area contributed by atoms with E-state index in [1.54, 1.807) is 18.2 Å². The number of non-ortho nitro benzene ring substituents is 1. The molecule has 0 unspecified atom stereocenters. The van der Waals surface area contributed by atoms with Gasteiger partial charge in [-0.25, -0.2) is 0 Å². The molecule has 0 bridgehead atoms. The summed E-state index contributed by atoms with van der Waals surface area (Å²) in [6.45, 7) is 1.55. The average molecular weight is 351 g/mol. The number of methoxy groups -OCH3 is 1. The fraction of sp³-hybridized carbons (Fsp3) is 0.188. The van der Waals surface area contributed by atoms with E-state index in [4.69, 9.17) is 21.1 Å². The van der Waals surface area contributed by atoms with Gasteiger partial charge in [0.25, 0.3) is 11.6 Å². The van der Waals surface area contributed by atoms with E-state index in [0.29, 0.717) is 16.5 Å². The quantitative estimate of drug-likeness (QED) is 0.635. The van der Waals surface area contributed by atoms with Gasteiger partial charge in [0.1, 0.15) is 11.5 Å². The molecular weight excluding hydrogens is 336 g/mol. The van der Waals surface area contributed by atoms with Gasteiger partial charge < -0.3 is 14.8 Å². The summed E-state index contributed by atoms with van der Waals surface area (Å²) < 4.78 is 10.5. The zero-order valence-corrected chi connectivity index (χ0v) is 13.8. The molecule has 0 spiro atoms. The second kappa shape index (κ2) is 7.65. The number of nitrogens with zero attached hydrogens (tertiary/aromatic N) is 1. The normalized spacial score (nSPS) is 10.1. The van der Waals surface area contributed by atoms with Crippen LogP contribution in [0.2, 0.25) is 5.02 Å². The van der Waals surface area contributed by atoms with E-state index >= 15 is 0 Å². The summed E-state index contributed by atoms with van der Waals surface area (Å²) in [7, 11) is 1.41. The molecule has 0 saturated heterocycles. The monoisotopic (exact) mass is 350 g/mol. The third kappa shape index (κ3) is 4.36. The third-order valence-electron chi connectivity index (χ3n) is 3.16. The van der Waals surface area contributed by atoms with Crippen molar-refractivity contribution in [2.24, 2.45) is 0 Å². The van der Waals surface area contributed by atoms with Crippen LogP contribution in [0.3, 0.4) is 0 Å². The molecule has 2 aromatic carbocycles. The number of nitrogens with one attached hydrogen (secondary N) is 1. The molecule has 2 rings (SSSR count). The van der Waals surface area contributed by atoms with Crippen LogP contribution < -0.4 is 14.8 Å². The number of benzene rings is 2. The molecule has 0 aliphatic rings. The van der Waals surface area contributed by atoms with Crippen LogP contribution in [-0.2, 0) is 4.79 Å². The van der Waals surface area contributed by atoms with Gasteiger partial charge in [0.2, 0.25) is 0 Å². The first kappa shape index (κ1) is 17.6. The number of aryl methyl sites for hydroxylation is 1. The maximum absolute atomic E-state index is 12.0. The van der Waals surface area contributed by atoms with Gasteiger partial charge in [0, 0.05) is 17.2 Å². The zero-order valence-electron chi connectivity index (χ0n) is 13.0. The largest absolute Gasteiger partial charge is 0.495 e. The Morgan fingerprint density at radius 1 is 1.25 bits per heavy atom. The Labute approximate surface area is 143 Å². The lowest BCUT2D eigenvalue weighted by atomic mass is 10.2. The number of carbonyl (C=O) groups excluding carboxylic acids is 1. The second-order valence-corrected chi connectivity index (χ2v) is 5.32. The van der Waals surface area contributed by atoms with Crippen LogP contribution in [0, 0.1) is 17.0 Å². The Morgan fingerprint density at radius 2 is 1.96 bits per heavy atom. The lowest BCUT2D eigenvalue weighted by molar-refractivity contribution is -0.384. The van der Waals surface area contributed by atoms with Gasteiger partial charge >= 0.3 is 0 Å². The number of hydrogen-bond acceptors (Lipinski definition) is 5. The van der Waals surface area contributed by atoms with Gasteiger partial charge in [-0.15, -0.1) is 0 Å². The average Bonchev–Trinajstić information content (AvgIpc) is 2.53. The van der Waals surface area contributed by atoms with Gasteiger partial charge in [-0.05, 0) is 36.8 Å². The molecule has 0 atom stereocenters. The van der Waals surface area contributed by atoms with E-state index in [2.05, 4.69) is 5.32 Å². The van der Waals surface area contributed by atoms with Crippen LogP contribution in [-0.4, -0.2) is 24.5 Å². The molecule has 0 fully saturated rings. The predicted molar refractivity (Wildman–Crippen MR) is 90.0 cm³/mol. The zero-order chi connectivity index (χ0) is 17.7. The van der Waals surface area contributed by atoms with E-state index in [1.807, 2.05) is 6.92 Å². The topological polar surface area (TPSA) is 90.7 Å². The SMILES string of the molecule is COc1ccc([N+](=O)[O-])cc1NC(=O)COc1ccc(Cl)cc1C. The Hall–Kier alpha value is -2.80. The van der Waals surface area contributed by atoms with Gasteiger partial charge in [-0.1, -0.05) is 11.6 Å². The maximum Gasteiger partial charge on any atom is 0.271 e. The highest BCUT2D eigenvalue weighted by Gasteiger charge is 2.14. The lowest BCUT2D eigenvalue weighted by Gasteiger charge is -2.12. The van der Waals surface area contributed by atoms with Gasteiger partial charge in [-0.3, -0.25) is 14.9 Å². The summed E-state index contributed by atoms with van der Waals surface area (Å²) >= 11 is 5.86. The van der Waals surface area contributed by atoms with Crippen molar-refractivity contribution in [3.8, 4) is 11.5 Å². The number of rotatable bonds is 6. The first-order valence-corrected chi connectivity index (χ1v) is 7.29. The molecule has 0 aliphatic heterocycles. The van der Waals surface area contributed by atoms with Crippen LogP contribution in [0.25, 0.3) is 0 Å². The van der Waals surface area contributed by atoms with E-state index < -0.39 is 10.8 Å². The summed E-state index contributed by atoms with van der Waals surface area (Å²) in [5.74, 6) is 0.375. The Balaban J connectivity index is 2.06. The first-order chi connectivity index (χ1) is 11.4. The Bertz CT molecular complexity index is 779. The van der Waals surface area contributed by atoms with Crippen molar-refractivity contribution in [2.45, 2.75) is 6.92 Å². The standard InChI is InChI=1S/C16H15ClN2O5/c1-10-7-11(17)3-5-14(10)24-9-16(20)18-13-8-12(19(21)22)4-6-15(13)23-2/h3-8H,9H2,1-2H3,(H,18,20). The summed E-state index contributed by atoms with van der Waals surface area (Å²) in [4.78, 5) is 22.3. The van der Waals surface area contributed by atoms with Crippen LogP contribution >= 0.6 is 11.6 Å². The van der Waals surface area contributed by atoms with Crippen LogP contribution in [0.1, 0.15) is 5.56 Å². The molecule has 1 amide bonds. The van der Waals surface area contributed by atoms with Crippen molar-refractivity contribution in [1.82, 2.24) is 0 Å². The number of halogens is 1. The number of anilines is 1. The van der Waals surface area contributed by atoms with Crippen molar-refractivity contribution < 1.29 is 19.2 Å². The fourth-order valence-electron chi connectivity index (χ4n) is 2.01. The number of amides is 1.